The van der Waals surface area contributed by atoms with E-state index in [0.29, 0.717) is 29.2 Å². The zero-order valence-corrected chi connectivity index (χ0v) is 14.2. The Kier molecular flexibility index (Phi) is 4.22. The van der Waals surface area contributed by atoms with Gasteiger partial charge in [-0.15, -0.1) is 0 Å². The van der Waals surface area contributed by atoms with Gasteiger partial charge in [0.15, 0.2) is 11.5 Å². The average Bonchev–Trinajstić information content (AvgIpc) is 3.01. The summed E-state index contributed by atoms with van der Waals surface area (Å²) in [6.45, 7) is 2.19. The van der Waals surface area contributed by atoms with E-state index in [2.05, 4.69) is 12.1 Å². The van der Waals surface area contributed by atoms with Gasteiger partial charge in [-0.05, 0) is 30.2 Å². The summed E-state index contributed by atoms with van der Waals surface area (Å²) in [6, 6.07) is 9.67. The standard InChI is InChI=1S/C19H17N3O3/c1-10-17-12(7-20)19(22)13(8-21)18(14(17)9-25-10)11-4-5-15(23-2)16(6-11)24-3/h4-6,10H,9,22H2,1-3H3. The van der Waals surface area contributed by atoms with Crippen molar-refractivity contribution in [2.45, 2.75) is 19.6 Å². The van der Waals surface area contributed by atoms with Crippen LogP contribution in [-0.2, 0) is 11.3 Å². The third-order valence-electron chi connectivity index (χ3n) is 4.46. The molecule has 1 unspecified atom stereocenters. The lowest BCUT2D eigenvalue weighted by Crippen LogP contribution is -2.05. The molecule has 0 fully saturated rings. The molecule has 6 nitrogen and oxygen atoms in total. The van der Waals surface area contributed by atoms with Gasteiger partial charge in [0.1, 0.15) is 12.1 Å². The Bertz CT molecular complexity index is 939. The van der Waals surface area contributed by atoms with Crippen LogP contribution in [-0.4, -0.2) is 14.2 Å². The second kappa shape index (κ2) is 6.35. The Morgan fingerprint density at radius 1 is 1.12 bits per heavy atom. The van der Waals surface area contributed by atoms with Crippen LogP contribution in [0.25, 0.3) is 11.1 Å². The minimum Gasteiger partial charge on any atom is -0.493 e. The van der Waals surface area contributed by atoms with Crippen molar-refractivity contribution >= 4 is 5.69 Å². The van der Waals surface area contributed by atoms with Crippen molar-refractivity contribution in [3.05, 3.63) is 40.5 Å². The first-order valence-electron chi connectivity index (χ1n) is 7.69. The summed E-state index contributed by atoms with van der Waals surface area (Å²) in [5, 5.41) is 19.2. The van der Waals surface area contributed by atoms with Crippen LogP contribution in [0.4, 0.5) is 5.69 Å². The van der Waals surface area contributed by atoms with Crippen molar-refractivity contribution in [2.75, 3.05) is 20.0 Å². The number of anilines is 1. The van der Waals surface area contributed by atoms with Gasteiger partial charge in [-0.25, -0.2) is 0 Å². The Balaban J connectivity index is 2.37. The summed E-state index contributed by atoms with van der Waals surface area (Å²) >= 11 is 0. The summed E-state index contributed by atoms with van der Waals surface area (Å²) < 4.78 is 16.3. The Hall–Kier alpha value is -3.22. The molecule has 0 saturated heterocycles. The maximum Gasteiger partial charge on any atom is 0.161 e. The van der Waals surface area contributed by atoms with E-state index in [9.17, 15) is 10.5 Å². The molecular formula is C19H17N3O3. The highest BCUT2D eigenvalue weighted by atomic mass is 16.5. The number of hydrogen-bond acceptors (Lipinski definition) is 6. The van der Waals surface area contributed by atoms with E-state index in [-0.39, 0.29) is 17.4 Å². The molecule has 0 amide bonds. The lowest BCUT2D eigenvalue weighted by molar-refractivity contribution is 0.0796. The van der Waals surface area contributed by atoms with Crippen molar-refractivity contribution in [2.24, 2.45) is 0 Å². The van der Waals surface area contributed by atoms with Gasteiger partial charge in [-0.1, -0.05) is 6.07 Å². The van der Waals surface area contributed by atoms with Gasteiger partial charge in [0.25, 0.3) is 0 Å². The second-order valence-electron chi connectivity index (χ2n) is 5.68. The molecule has 1 aliphatic rings. The number of nitrogens with zero attached hydrogens (tertiary/aromatic N) is 2. The summed E-state index contributed by atoms with van der Waals surface area (Å²) in [7, 11) is 3.11. The number of benzene rings is 2. The highest BCUT2D eigenvalue weighted by Gasteiger charge is 2.31. The predicted octanol–water partition coefficient (Wildman–Crippen LogP) is 3.29. The molecule has 1 atom stereocenters. The topological polar surface area (TPSA) is 101 Å². The first kappa shape index (κ1) is 16.6. The van der Waals surface area contributed by atoms with Gasteiger partial charge in [-0.3, -0.25) is 0 Å². The van der Waals surface area contributed by atoms with Crippen LogP contribution in [0.15, 0.2) is 18.2 Å². The molecule has 2 aromatic carbocycles. The quantitative estimate of drug-likeness (QED) is 0.864. The normalized spacial score (nSPS) is 15.2. The first-order valence-corrected chi connectivity index (χ1v) is 7.69. The molecule has 0 bridgehead atoms. The van der Waals surface area contributed by atoms with Gasteiger partial charge < -0.3 is 19.9 Å². The summed E-state index contributed by atoms with van der Waals surface area (Å²) in [4.78, 5) is 0. The molecule has 0 spiro atoms. The van der Waals surface area contributed by atoms with Gasteiger partial charge in [-0.2, -0.15) is 10.5 Å². The molecule has 2 N–H and O–H groups in total. The predicted molar refractivity (Wildman–Crippen MR) is 92.0 cm³/mol. The van der Waals surface area contributed by atoms with E-state index < -0.39 is 0 Å². The van der Waals surface area contributed by atoms with Crippen molar-refractivity contribution < 1.29 is 14.2 Å². The van der Waals surface area contributed by atoms with E-state index in [1.54, 1.807) is 26.4 Å². The molecule has 0 radical (unpaired) electrons. The fourth-order valence-corrected chi connectivity index (χ4v) is 3.28. The lowest BCUT2D eigenvalue weighted by atomic mass is 9.86. The summed E-state index contributed by atoms with van der Waals surface area (Å²) in [5.41, 5.74) is 9.95. The van der Waals surface area contributed by atoms with Crippen LogP contribution < -0.4 is 15.2 Å². The first-order chi connectivity index (χ1) is 12.1. The van der Waals surface area contributed by atoms with Gasteiger partial charge in [0, 0.05) is 11.1 Å². The molecule has 6 heteroatoms. The zero-order chi connectivity index (χ0) is 18.1. The van der Waals surface area contributed by atoms with Gasteiger partial charge >= 0.3 is 0 Å². The Labute approximate surface area is 146 Å². The average molecular weight is 335 g/mol. The number of nitrogens with two attached hydrogens (primary N) is 1. The number of ether oxygens (including phenoxy) is 3. The number of hydrogen-bond donors (Lipinski definition) is 1. The SMILES string of the molecule is COc1ccc(-c2c(C#N)c(N)c(C#N)c3c2COC3C)cc1OC. The monoisotopic (exact) mass is 335 g/mol. The maximum atomic E-state index is 9.67. The van der Waals surface area contributed by atoms with E-state index >= 15 is 0 Å². The Morgan fingerprint density at radius 2 is 1.80 bits per heavy atom. The van der Waals surface area contributed by atoms with Crippen molar-refractivity contribution in [3.63, 3.8) is 0 Å². The number of methoxy groups -OCH3 is 2. The molecule has 0 aliphatic carbocycles. The fraction of sp³-hybridized carbons (Fsp3) is 0.263. The maximum absolute atomic E-state index is 9.67. The van der Waals surface area contributed by atoms with Crippen LogP contribution in [0.5, 0.6) is 11.5 Å². The molecular weight excluding hydrogens is 318 g/mol. The molecule has 1 aliphatic heterocycles. The number of nitriles is 2. The second-order valence-corrected chi connectivity index (χ2v) is 5.68. The smallest absolute Gasteiger partial charge is 0.161 e. The van der Waals surface area contributed by atoms with Crippen LogP contribution in [0, 0.1) is 22.7 Å². The minimum atomic E-state index is -0.251. The molecule has 25 heavy (non-hydrogen) atoms. The molecule has 2 aromatic rings. The molecule has 126 valence electrons. The number of rotatable bonds is 3. The van der Waals surface area contributed by atoms with E-state index in [0.717, 1.165) is 16.7 Å². The largest absolute Gasteiger partial charge is 0.493 e. The molecule has 1 heterocycles. The van der Waals surface area contributed by atoms with Crippen LogP contribution in [0.1, 0.15) is 35.3 Å². The molecule has 3 rings (SSSR count). The third-order valence-corrected chi connectivity index (χ3v) is 4.46. The molecule has 0 aromatic heterocycles. The zero-order valence-electron chi connectivity index (χ0n) is 14.2. The number of nitrogen functional groups attached to an aromatic ring is 1. The number of fused-ring (bicyclic) bond motifs is 1. The van der Waals surface area contributed by atoms with Crippen molar-refractivity contribution in [1.82, 2.24) is 0 Å². The van der Waals surface area contributed by atoms with Gasteiger partial charge in [0.2, 0.25) is 0 Å². The van der Waals surface area contributed by atoms with Crippen molar-refractivity contribution in [3.8, 4) is 34.8 Å². The highest BCUT2D eigenvalue weighted by molar-refractivity contribution is 5.86. The third kappa shape index (κ3) is 2.44. The highest BCUT2D eigenvalue weighted by Crippen LogP contribution is 2.45. The van der Waals surface area contributed by atoms with E-state index in [1.165, 1.54) is 0 Å². The van der Waals surface area contributed by atoms with Crippen LogP contribution >= 0.6 is 0 Å². The summed E-state index contributed by atoms with van der Waals surface area (Å²) in [6.07, 6.45) is -0.251. The summed E-state index contributed by atoms with van der Waals surface area (Å²) in [5.74, 6) is 1.14. The minimum absolute atomic E-state index is 0.186. The lowest BCUT2D eigenvalue weighted by Gasteiger charge is -2.17. The Morgan fingerprint density at radius 3 is 2.40 bits per heavy atom. The fourth-order valence-electron chi connectivity index (χ4n) is 3.28. The van der Waals surface area contributed by atoms with Crippen molar-refractivity contribution in [1.29, 1.82) is 10.5 Å². The van der Waals surface area contributed by atoms with E-state index in [4.69, 9.17) is 19.9 Å². The molecule has 0 saturated carbocycles. The van der Waals surface area contributed by atoms with E-state index in [1.807, 2.05) is 13.0 Å². The van der Waals surface area contributed by atoms with Crippen LogP contribution in [0.3, 0.4) is 0 Å². The van der Waals surface area contributed by atoms with Gasteiger partial charge in [0.05, 0.1) is 43.7 Å². The van der Waals surface area contributed by atoms with Crippen LogP contribution in [0.2, 0.25) is 0 Å².